The number of aryl methyl sites for hydroxylation is 1. The summed E-state index contributed by atoms with van der Waals surface area (Å²) in [5.74, 6) is -2.33. The predicted octanol–water partition coefficient (Wildman–Crippen LogP) is 3.93. The SMILES string of the molecule is CCNC(CC1CCC(F)(F)C1)c1csc(C)n1. The van der Waals surface area contributed by atoms with Gasteiger partial charge in [-0.15, -0.1) is 11.3 Å². The van der Waals surface area contributed by atoms with E-state index < -0.39 is 5.92 Å². The fourth-order valence-electron chi connectivity index (χ4n) is 2.67. The largest absolute Gasteiger partial charge is 0.309 e. The van der Waals surface area contributed by atoms with Gasteiger partial charge in [-0.25, -0.2) is 13.8 Å². The maximum atomic E-state index is 13.2. The fraction of sp³-hybridized carbons (Fsp3) is 0.769. The van der Waals surface area contributed by atoms with Gasteiger partial charge in [0.15, 0.2) is 0 Å². The molecule has 0 saturated heterocycles. The molecule has 18 heavy (non-hydrogen) atoms. The number of nitrogens with zero attached hydrogens (tertiary/aromatic N) is 1. The van der Waals surface area contributed by atoms with Crippen LogP contribution < -0.4 is 5.32 Å². The Morgan fingerprint density at radius 3 is 2.89 bits per heavy atom. The highest BCUT2D eigenvalue weighted by Gasteiger charge is 2.40. The van der Waals surface area contributed by atoms with Crippen molar-refractivity contribution in [3.63, 3.8) is 0 Å². The summed E-state index contributed by atoms with van der Waals surface area (Å²) in [5, 5.41) is 6.44. The second-order valence-corrected chi connectivity index (χ2v) is 6.16. The van der Waals surface area contributed by atoms with Crippen molar-refractivity contribution in [3.05, 3.63) is 16.1 Å². The molecule has 0 radical (unpaired) electrons. The van der Waals surface area contributed by atoms with Crippen LogP contribution in [0.15, 0.2) is 5.38 Å². The minimum atomic E-state index is -2.45. The van der Waals surface area contributed by atoms with Crippen molar-refractivity contribution in [2.24, 2.45) is 5.92 Å². The number of thiazole rings is 1. The average Bonchev–Trinajstić information content (AvgIpc) is 2.84. The van der Waals surface area contributed by atoms with E-state index in [1.807, 2.05) is 19.2 Å². The minimum Gasteiger partial charge on any atom is -0.309 e. The molecule has 0 aliphatic heterocycles. The summed E-state index contributed by atoms with van der Waals surface area (Å²) in [7, 11) is 0. The molecular weight excluding hydrogens is 254 g/mol. The summed E-state index contributed by atoms with van der Waals surface area (Å²) in [6.45, 7) is 4.85. The molecule has 2 atom stereocenters. The number of aromatic nitrogens is 1. The lowest BCUT2D eigenvalue weighted by atomic mass is 9.96. The summed E-state index contributed by atoms with van der Waals surface area (Å²) in [6, 6.07) is 0.124. The van der Waals surface area contributed by atoms with Gasteiger partial charge in [-0.2, -0.15) is 0 Å². The summed E-state index contributed by atoms with van der Waals surface area (Å²) in [5.41, 5.74) is 1.01. The van der Waals surface area contributed by atoms with E-state index >= 15 is 0 Å². The van der Waals surface area contributed by atoms with Crippen molar-refractivity contribution < 1.29 is 8.78 Å². The third-order valence-corrected chi connectivity index (χ3v) is 4.31. The topological polar surface area (TPSA) is 24.9 Å². The van der Waals surface area contributed by atoms with E-state index in [-0.39, 0.29) is 24.8 Å². The van der Waals surface area contributed by atoms with Crippen molar-refractivity contribution in [1.29, 1.82) is 0 Å². The summed E-state index contributed by atoms with van der Waals surface area (Å²) in [6.07, 6.45) is 1.50. The number of hydrogen-bond acceptors (Lipinski definition) is 3. The van der Waals surface area contributed by atoms with Crippen molar-refractivity contribution in [1.82, 2.24) is 10.3 Å². The molecule has 1 saturated carbocycles. The van der Waals surface area contributed by atoms with Crippen LogP contribution >= 0.6 is 11.3 Å². The van der Waals surface area contributed by atoms with Crippen LogP contribution in [0.1, 0.15) is 49.4 Å². The van der Waals surface area contributed by atoms with Crippen LogP contribution in [0.5, 0.6) is 0 Å². The summed E-state index contributed by atoms with van der Waals surface area (Å²) >= 11 is 1.62. The lowest BCUT2D eigenvalue weighted by Gasteiger charge is -2.20. The van der Waals surface area contributed by atoms with Gasteiger partial charge in [0.05, 0.1) is 16.7 Å². The Morgan fingerprint density at radius 1 is 1.61 bits per heavy atom. The second kappa shape index (κ2) is 5.61. The standard InChI is InChI=1S/C13H20F2N2S/c1-3-16-11(12-8-18-9(2)17-12)6-10-4-5-13(14,15)7-10/h8,10-11,16H,3-7H2,1-2H3. The molecule has 2 unspecified atom stereocenters. The molecule has 1 N–H and O–H groups in total. The average molecular weight is 274 g/mol. The van der Waals surface area contributed by atoms with Gasteiger partial charge in [0.1, 0.15) is 0 Å². The van der Waals surface area contributed by atoms with E-state index in [1.54, 1.807) is 11.3 Å². The second-order valence-electron chi connectivity index (χ2n) is 5.10. The van der Waals surface area contributed by atoms with Crippen molar-refractivity contribution in [2.45, 2.75) is 51.5 Å². The molecule has 0 bridgehead atoms. The molecule has 1 aliphatic rings. The van der Waals surface area contributed by atoms with Gasteiger partial charge in [-0.1, -0.05) is 6.92 Å². The third-order valence-electron chi connectivity index (χ3n) is 3.52. The van der Waals surface area contributed by atoms with E-state index in [2.05, 4.69) is 10.3 Å². The lowest BCUT2D eigenvalue weighted by Crippen LogP contribution is -2.23. The maximum Gasteiger partial charge on any atom is 0.248 e. The van der Waals surface area contributed by atoms with Crippen LogP contribution in [-0.2, 0) is 0 Å². The Kier molecular flexibility index (Phi) is 4.33. The molecule has 1 fully saturated rings. The fourth-order valence-corrected chi connectivity index (χ4v) is 3.34. The van der Waals surface area contributed by atoms with Crippen LogP contribution in [0, 0.1) is 12.8 Å². The molecule has 0 aromatic carbocycles. The van der Waals surface area contributed by atoms with Crippen LogP contribution in [-0.4, -0.2) is 17.5 Å². The Hall–Kier alpha value is -0.550. The smallest absolute Gasteiger partial charge is 0.248 e. The lowest BCUT2D eigenvalue weighted by molar-refractivity contribution is 0.00429. The zero-order chi connectivity index (χ0) is 13.2. The Morgan fingerprint density at radius 2 is 2.39 bits per heavy atom. The number of hydrogen-bond donors (Lipinski definition) is 1. The first-order valence-corrected chi connectivity index (χ1v) is 7.41. The number of alkyl halides is 2. The normalized spacial score (nSPS) is 24.3. The quantitative estimate of drug-likeness (QED) is 0.880. The van der Waals surface area contributed by atoms with Gasteiger partial charge in [-0.05, 0) is 32.2 Å². The minimum absolute atomic E-state index is 0.0397. The van der Waals surface area contributed by atoms with Crippen LogP contribution in [0.3, 0.4) is 0 Å². The van der Waals surface area contributed by atoms with Gasteiger partial charge < -0.3 is 5.32 Å². The third kappa shape index (κ3) is 3.48. The van der Waals surface area contributed by atoms with E-state index in [4.69, 9.17) is 0 Å². The summed E-state index contributed by atoms with van der Waals surface area (Å²) in [4.78, 5) is 4.48. The molecule has 2 rings (SSSR count). The number of rotatable bonds is 5. The van der Waals surface area contributed by atoms with E-state index in [1.165, 1.54) is 0 Å². The van der Waals surface area contributed by atoms with Gasteiger partial charge >= 0.3 is 0 Å². The number of nitrogens with one attached hydrogen (secondary N) is 1. The number of halogens is 2. The molecule has 2 nitrogen and oxygen atoms in total. The molecule has 0 amide bonds. The maximum absolute atomic E-state index is 13.2. The predicted molar refractivity (Wildman–Crippen MR) is 70.2 cm³/mol. The Balaban J connectivity index is 1.99. The van der Waals surface area contributed by atoms with E-state index in [9.17, 15) is 8.78 Å². The zero-order valence-electron chi connectivity index (χ0n) is 10.9. The van der Waals surface area contributed by atoms with Gasteiger partial charge in [0.25, 0.3) is 0 Å². The highest BCUT2D eigenvalue weighted by molar-refractivity contribution is 7.09. The first-order valence-electron chi connectivity index (χ1n) is 6.53. The van der Waals surface area contributed by atoms with Crippen LogP contribution in [0.25, 0.3) is 0 Å². The van der Waals surface area contributed by atoms with Gasteiger partial charge in [0, 0.05) is 18.2 Å². The highest BCUT2D eigenvalue weighted by atomic mass is 32.1. The molecule has 1 heterocycles. The van der Waals surface area contributed by atoms with Crippen LogP contribution in [0.4, 0.5) is 8.78 Å². The van der Waals surface area contributed by atoms with E-state index in [0.717, 1.165) is 23.7 Å². The molecule has 1 aliphatic carbocycles. The molecule has 1 aromatic heterocycles. The monoisotopic (exact) mass is 274 g/mol. The Bertz CT molecular complexity index is 392. The van der Waals surface area contributed by atoms with Gasteiger partial charge in [0.2, 0.25) is 5.92 Å². The van der Waals surface area contributed by atoms with Crippen LogP contribution in [0.2, 0.25) is 0 Å². The van der Waals surface area contributed by atoms with E-state index in [0.29, 0.717) is 6.42 Å². The van der Waals surface area contributed by atoms with Crippen molar-refractivity contribution in [3.8, 4) is 0 Å². The first-order chi connectivity index (χ1) is 8.50. The van der Waals surface area contributed by atoms with Crippen molar-refractivity contribution >= 4 is 11.3 Å². The zero-order valence-corrected chi connectivity index (χ0v) is 11.7. The Labute approximate surface area is 111 Å². The van der Waals surface area contributed by atoms with Gasteiger partial charge in [-0.3, -0.25) is 0 Å². The molecular formula is C13H20F2N2S. The summed E-state index contributed by atoms with van der Waals surface area (Å²) < 4.78 is 26.4. The highest BCUT2D eigenvalue weighted by Crippen LogP contribution is 2.42. The first kappa shape index (κ1) is 13.9. The molecule has 1 aromatic rings. The van der Waals surface area contributed by atoms with Crippen molar-refractivity contribution in [2.75, 3.05) is 6.54 Å². The molecule has 5 heteroatoms. The molecule has 102 valence electrons. The molecule has 0 spiro atoms.